The third-order valence-electron chi connectivity index (χ3n) is 1.09. The predicted octanol–water partition coefficient (Wildman–Crippen LogP) is -0.781. The number of ether oxygens (including phenoxy) is 1. The van der Waals surface area contributed by atoms with E-state index in [9.17, 15) is 9.59 Å². The zero-order chi connectivity index (χ0) is 10.5. The van der Waals surface area contributed by atoms with Gasteiger partial charge in [0.05, 0.1) is 0 Å². The maximum atomic E-state index is 10.6. The normalized spacial score (nSPS) is 11.6. The summed E-state index contributed by atoms with van der Waals surface area (Å²) in [5.74, 6) is -5.00. The molecule has 3 N–H and O–H groups in total. The number of aliphatic hydroxyl groups is 2. The van der Waals surface area contributed by atoms with Crippen LogP contribution in [0.25, 0.3) is 0 Å². The number of carboxylic acid groups (broad SMARTS) is 1. The minimum atomic E-state index is -2.54. The fourth-order valence-corrected chi connectivity index (χ4v) is 0.407. The lowest BCUT2D eigenvalue weighted by molar-refractivity contribution is -0.317. The van der Waals surface area contributed by atoms with Crippen molar-refractivity contribution in [1.82, 2.24) is 0 Å². The molecule has 6 nitrogen and oxygen atoms in total. The number of carbonyl (C=O) groups is 2. The lowest BCUT2D eigenvalue weighted by Gasteiger charge is -2.17. The average molecular weight is 190 g/mol. The lowest BCUT2D eigenvalue weighted by Crippen LogP contribution is -2.33. The quantitative estimate of drug-likeness (QED) is 0.305. The molecule has 0 aromatic carbocycles. The van der Waals surface area contributed by atoms with Gasteiger partial charge in [-0.1, -0.05) is 6.92 Å². The van der Waals surface area contributed by atoms with E-state index >= 15 is 0 Å². The molecule has 0 radical (unpaired) electrons. The first kappa shape index (κ1) is 11.6. The first-order chi connectivity index (χ1) is 5.87. The van der Waals surface area contributed by atoms with E-state index in [0.717, 1.165) is 0 Å². The molecule has 6 heteroatoms. The summed E-state index contributed by atoms with van der Waals surface area (Å²) < 4.78 is 4.06. The van der Waals surface area contributed by atoms with Gasteiger partial charge in [0, 0.05) is 18.6 Å². The molecule has 0 unspecified atom stereocenters. The minimum absolute atomic E-state index is 0.209. The molecule has 0 bridgehead atoms. The molecule has 0 atom stereocenters. The Kier molecular flexibility index (Phi) is 4.09. The summed E-state index contributed by atoms with van der Waals surface area (Å²) >= 11 is 0. The summed E-state index contributed by atoms with van der Waals surface area (Å²) in [6, 6.07) is 0. The van der Waals surface area contributed by atoms with Gasteiger partial charge >= 0.3 is 17.9 Å². The van der Waals surface area contributed by atoms with Gasteiger partial charge in [0.1, 0.15) is 0 Å². The Balaban J connectivity index is 4.09. The molecule has 0 aliphatic rings. The standard InChI is InChI=1S/C7H10O6/c1-2-7(11,12)13-6(10)4-3-5(8)9/h3-4,11-12H,2H2,1H3,(H,8,9)/b4-3+. The number of carboxylic acids is 1. The summed E-state index contributed by atoms with van der Waals surface area (Å²) in [5.41, 5.74) is 0. The Morgan fingerprint density at radius 3 is 2.31 bits per heavy atom. The number of hydrogen-bond acceptors (Lipinski definition) is 5. The lowest BCUT2D eigenvalue weighted by atomic mass is 10.4. The Morgan fingerprint density at radius 2 is 1.92 bits per heavy atom. The molecule has 0 rings (SSSR count). The average Bonchev–Trinajstić information content (AvgIpc) is 2.00. The molecular formula is C7H10O6. The second-order valence-electron chi connectivity index (χ2n) is 2.19. The second kappa shape index (κ2) is 4.58. The predicted molar refractivity (Wildman–Crippen MR) is 40.3 cm³/mol. The van der Waals surface area contributed by atoms with Gasteiger partial charge in [0.2, 0.25) is 0 Å². The van der Waals surface area contributed by atoms with Gasteiger partial charge in [-0.3, -0.25) is 0 Å². The highest BCUT2D eigenvalue weighted by Crippen LogP contribution is 2.06. The van der Waals surface area contributed by atoms with Gasteiger partial charge in [0.25, 0.3) is 0 Å². The van der Waals surface area contributed by atoms with Crippen molar-refractivity contribution in [1.29, 1.82) is 0 Å². The van der Waals surface area contributed by atoms with E-state index in [4.69, 9.17) is 15.3 Å². The van der Waals surface area contributed by atoms with Crippen molar-refractivity contribution >= 4 is 11.9 Å². The second-order valence-corrected chi connectivity index (χ2v) is 2.19. The van der Waals surface area contributed by atoms with Crippen LogP contribution in [0.1, 0.15) is 13.3 Å². The molecule has 0 fully saturated rings. The zero-order valence-corrected chi connectivity index (χ0v) is 6.93. The van der Waals surface area contributed by atoms with Crippen LogP contribution in [-0.2, 0) is 14.3 Å². The summed E-state index contributed by atoms with van der Waals surface area (Å²) in [6.07, 6.45) is 0.910. The van der Waals surface area contributed by atoms with Crippen LogP contribution in [0.15, 0.2) is 12.2 Å². The molecule has 0 aliphatic carbocycles. The topological polar surface area (TPSA) is 104 Å². The molecular weight excluding hydrogens is 180 g/mol. The Morgan fingerprint density at radius 1 is 1.38 bits per heavy atom. The van der Waals surface area contributed by atoms with E-state index in [0.29, 0.717) is 12.2 Å². The van der Waals surface area contributed by atoms with Crippen molar-refractivity contribution in [2.45, 2.75) is 19.3 Å². The molecule has 13 heavy (non-hydrogen) atoms. The fraction of sp³-hybridized carbons (Fsp3) is 0.429. The molecule has 74 valence electrons. The SMILES string of the molecule is CCC(O)(O)OC(=O)/C=C/C(=O)O. The van der Waals surface area contributed by atoms with Crippen LogP contribution < -0.4 is 0 Å². The summed E-state index contributed by atoms with van der Waals surface area (Å²) in [5, 5.41) is 25.7. The van der Waals surface area contributed by atoms with Crippen LogP contribution in [0.2, 0.25) is 0 Å². The van der Waals surface area contributed by atoms with Gasteiger partial charge in [0.15, 0.2) is 0 Å². The van der Waals surface area contributed by atoms with E-state index in [-0.39, 0.29) is 6.42 Å². The van der Waals surface area contributed by atoms with Crippen molar-refractivity contribution in [2.75, 3.05) is 0 Å². The smallest absolute Gasteiger partial charge is 0.335 e. The van der Waals surface area contributed by atoms with Crippen molar-refractivity contribution < 1.29 is 29.6 Å². The summed E-state index contributed by atoms with van der Waals surface area (Å²) in [7, 11) is 0. The van der Waals surface area contributed by atoms with Crippen molar-refractivity contribution in [2.24, 2.45) is 0 Å². The molecule has 0 saturated heterocycles. The van der Waals surface area contributed by atoms with Gasteiger partial charge < -0.3 is 20.1 Å². The maximum Gasteiger partial charge on any atom is 0.335 e. The fourth-order valence-electron chi connectivity index (χ4n) is 0.407. The Hall–Kier alpha value is -1.40. The molecule has 0 spiro atoms. The first-order valence-corrected chi connectivity index (χ1v) is 3.46. The van der Waals surface area contributed by atoms with Crippen molar-refractivity contribution in [3.63, 3.8) is 0 Å². The highest BCUT2D eigenvalue weighted by atomic mass is 16.8. The highest BCUT2D eigenvalue weighted by molar-refractivity contribution is 5.90. The number of esters is 1. The molecule has 0 aliphatic heterocycles. The number of aliphatic carboxylic acids is 1. The highest BCUT2D eigenvalue weighted by Gasteiger charge is 2.24. The molecule has 0 heterocycles. The van der Waals surface area contributed by atoms with E-state index in [2.05, 4.69) is 4.74 Å². The van der Waals surface area contributed by atoms with E-state index < -0.39 is 17.9 Å². The van der Waals surface area contributed by atoms with Crippen LogP contribution in [-0.4, -0.2) is 33.2 Å². The van der Waals surface area contributed by atoms with Crippen molar-refractivity contribution in [3.8, 4) is 0 Å². The molecule has 0 saturated carbocycles. The first-order valence-electron chi connectivity index (χ1n) is 3.46. The zero-order valence-electron chi connectivity index (χ0n) is 6.93. The number of hydrogen-bond donors (Lipinski definition) is 3. The van der Waals surface area contributed by atoms with Gasteiger partial charge in [-0.2, -0.15) is 0 Å². The third-order valence-corrected chi connectivity index (χ3v) is 1.09. The van der Waals surface area contributed by atoms with Crippen LogP contribution in [0.4, 0.5) is 0 Å². The van der Waals surface area contributed by atoms with Crippen molar-refractivity contribution in [3.05, 3.63) is 12.2 Å². The minimum Gasteiger partial charge on any atom is -0.478 e. The number of rotatable bonds is 4. The van der Waals surface area contributed by atoms with Crippen LogP contribution in [0.5, 0.6) is 0 Å². The Bertz CT molecular complexity index is 229. The van der Waals surface area contributed by atoms with E-state index in [1.54, 1.807) is 0 Å². The third kappa shape index (κ3) is 5.83. The summed E-state index contributed by atoms with van der Waals surface area (Å²) in [4.78, 5) is 20.5. The monoisotopic (exact) mass is 190 g/mol. The molecule has 0 aromatic heterocycles. The number of carbonyl (C=O) groups excluding carboxylic acids is 1. The molecule has 0 aromatic rings. The van der Waals surface area contributed by atoms with E-state index in [1.807, 2.05) is 0 Å². The van der Waals surface area contributed by atoms with Crippen LogP contribution in [0.3, 0.4) is 0 Å². The van der Waals surface area contributed by atoms with E-state index in [1.165, 1.54) is 6.92 Å². The van der Waals surface area contributed by atoms with Gasteiger partial charge in [-0.15, -0.1) is 0 Å². The molecule has 0 amide bonds. The Labute approximate surface area is 74.1 Å². The van der Waals surface area contributed by atoms with Crippen LogP contribution >= 0.6 is 0 Å². The van der Waals surface area contributed by atoms with Gasteiger partial charge in [-0.25, -0.2) is 9.59 Å². The van der Waals surface area contributed by atoms with Gasteiger partial charge in [-0.05, 0) is 0 Å². The maximum absolute atomic E-state index is 10.6. The largest absolute Gasteiger partial charge is 0.478 e. The van der Waals surface area contributed by atoms with Crippen LogP contribution in [0, 0.1) is 0 Å². The summed E-state index contributed by atoms with van der Waals surface area (Å²) in [6.45, 7) is 1.38.